The molecule has 0 unspecified atom stereocenters. The van der Waals surface area contributed by atoms with Gasteiger partial charge in [-0.1, -0.05) is 42.5 Å². The summed E-state index contributed by atoms with van der Waals surface area (Å²) in [7, 11) is 0. The predicted molar refractivity (Wildman–Crippen MR) is 103 cm³/mol. The molecule has 1 atom stereocenters. The van der Waals surface area contributed by atoms with Gasteiger partial charge in [0.25, 0.3) is 0 Å². The molecule has 0 aliphatic carbocycles. The molecular weight excluding hydrogens is 345 g/mol. The molecule has 3 rings (SSSR count). The Morgan fingerprint density at radius 2 is 1.93 bits per heavy atom. The molecule has 2 aromatic rings. The van der Waals surface area contributed by atoms with Gasteiger partial charge in [0, 0.05) is 38.3 Å². The first kappa shape index (κ1) is 19.3. The van der Waals surface area contributed by atoms with E-state index in [-0.39, 0.29) is 24.5 Å². The minimum absolute atomic E-state index is 0.160. The minimum Gasteiger partial charge on any atom is -0.376 e. The van der Waals surface area contributed by atoms with Crippen LogP contribution in [0.25, 0.3) is 0 Å². The number of amides is 2. The van der Waals surface area contributed by atoms with Gasteiger partial charge >= 0.3 is 6.03 Å². The summed E-state index contributed by atoms with van der Waals surface area (Å²) >= 11 is 0. The lowest BCUT2D eigenvalue weighted by Crippen LogP contribution is -2.40. The molecule has 27 heavy (non-hydrogen) atoms. The number of halogens is 1. The van der Waals surface area contributed by atoms with Crippen LogP contribution in [0.4, 0.5) is 9.18 Å². The molecule has 5 nitrogen and oxygen atoms in total. The van der Waals surface area contributed by atoms with E-state index in [0.717, 1.165) is 31.8 Å². The zero-order chi connectivity index (χ0) is 19.1. The van der Waals surface area contributed by atoms with E-state index < -0.39 is 0 Å². The molecule has 2 aromatic carbocycles. The minimum atomic E-state index is -0.317. The number of rotatable bonds is 6. The van der Waals surface area contributed by atoms with Gasteiger partial charge in [0.1, 0.15) is 5.82 Å². The Balaban J connectivity index is 1.46. The Bertz CT molecular complexity index is 769. The van der Waals surface area contributed by atoms with Crippen molar-refractivity contribution in [2.75, 3.05) is 19.7 Å². The topological polar surface area (TPSA) is 53.6 Å². The van der Waals surface area contributed by atoms with Crippen molar-refractivity contribution >= 4 is 6.03 Å². The third-order valence-corrected chi connectivity index (χ3v) is 4.57. The van der Waals surface area contributed by atoms with Crippen molar-refractivity contribution in [1.29, 1.82) is 0 Å². The van der Waals surface area contributed by atoms with Gasteiger partial charge < -0.3 is 15.4 Å². The van der Waals surface area contributed by atoms with Crippen LogP contribution in [0.1, 0.15) is 23.6 Å². The first-order valence-electron chi connectivity index (χ1n) is 9.27. The van der Waals surface area contributed by atoms with Crippen molar-refractivity contribution in [2.24, 2.45) is 0 Å². The van der Waals surface area contributed by atoms with E-state index in [9.17, 15) is 9.18 Å². The van der Waals surface area contributed by atoms with Gasteiger partial charge in [0.05, 0.1) is 12.7 Å². The van der Waals surface area contributed by atoms with Gasteiger partial charge in [0.15, 0.2) is 0 Å². The first-order valence-corrected chi connectivity index (χ1v) is 9.27. The van der Waals surface area contributed by atoms with Crippen LogP contribution in [0.2, 0.25) is 0 Å². The maximum atomic E-state index is 13.6. The standard InChI is InChI=1S/C21H26FN3O2/c1-16-14-25(9-10-27-16)15-18-6-4-5-17(11-18)12-23-21(26)24-13-19-7-2-3-8-20(19)22/h2-8,11,16H,9-10,12-15H2,1H3,(H2,23,24,26)/t16-/m0/s1. The van der Waals surface area contributed by atoms with E-state index in [1.807, 2.05) is 12.1 Å². The lowest BCUT2D eigenvalue weighted by atomic mass is 10.1. The van der Waals surface area contributed by atoms with Crippen molar-refractivity contribution in [2.45, 2.75) is 32.7 Å². The summed E-state index contributed by atoms with van der Waals surface area (Å²) in [5, 5.41) is 5.50. The second kappa shape index (κ2) is 9.48. The third kappa shape index (κ3) is 6.05. The molecule has 2 amide bonds. The molecule has 2 N–H and O–H groups in total. The van der Waals surface area contributed by atoms with Gasteiger partial charge in [0.2, 0.25) is 0 Å². The summed E-state index contributed by atoms with van der Waals surface area (Å²) in [5.41, 5.74) is 2.72. The summed E-state index contributed by atoms with van der Waals surface area (Å²) in [4.78, 5) is 14.3. The van der Waals surface area contributed by atoms with Crippen molar-refractivity contribution < 1.29 is 13.9 Å². The summed E-state index contributed by atoms with van der Waals surface area (Å²) in [6, 6.07) is 14.3. The van der Waals surface area contributed by atoms with Crippen molar-refractivity contribution in [3.8, 4) is 0 Å². The van der Waals surface area contributed by atoms with Crippen molar-refractivity contribution in [1.82, 2.24) is 15.5 Å². The highest BCUT2D eigenvalue weighted by molar-refractivity contribution is 5.73. The molecule has 0 radical (unpaired) electrons. The average Bonchev–Trinajstić information content (AvgIpc) is 2.66. The van der Waals surface area contributed by atoms with Gasteiger partial charge in [-0.3, -0.25) is 4.90 Å². The maximum absolute atomic E-state index is 13.6. The van der Waals surface area contributed by atoms with Gasteiger partial charge in [-0.25, -0.2) is 9.18 Å². The number of ether oxygens (including phenoxy) is 1. The van der Waals surface area contributed by atoms with Crippen LogP contribution >= 0.6 is 0 Å². The number of hydrogen-bond acceptors (Lipinski definition) is 3. The van der Waals surface area contributed by atoms with Crippen molar-refractivity contribution in [3.05, 3.63) is 71.0 Å². The summed E-state index contributed by atoms with van der Waals surface area (Å²) < 4.78 is 19.1. The fourth-order valence-corrected chi connectivity index (χ4v) is 3.19. The van der Waals surface area contributed by atoms with Crippen LogP contribution < -0.4 is 10.6 Å². The third-order valence-electron chi connectivity index (χ3n) is 4.57. The van der Waals surface area contributed by atoms with E-state index >= 15 is 0 Å². The Hall–Kier alpha value is -2.44. The monoisotopic (exact) mass is 371 g/mol. The lowest BCUT2D eigenvalue weighted by Gasteiger charge is -2.31. The summed E-state index contributed by atoms with van der Waals surface area (Å²) in [5.74, 6) is -0.317. The first-order chi connectivity index (χ1) is 13.1. The highest BCUT2D eigenvalue weighted by atomic mass is 19.1. The molecule has 0 spiro atoms. The molecule has 144 valence electrons. The van der Waals surface area contributed by atoms with Crippen LogP contribution in [0.15, 0.2) is 48.5 Å². The number of urea groups is 1. The molecule has 0 aromatic heterocycles. The van der Waals surface area contributed by atoms with Gasteiger partial charge in [-0.15, -0.1) is 0 Å². The van der Waals surface area contributed by atoms with Crippen molar-refractivity contribution in [3.63, 3.8) is 0 Å². The van der Waals surface area contributed by atoms with E-state index in [1.165, 1.54) is 11.6 Å². The second-order valence-electron chi connectivity index (χ2n) is 6.86. The predicted octanol–water partition coefficient (Wildman–Crippen LogP) is 3.05. The smallest absolute Gasteiger partial charge is 0.315 e. The quantitative estimate of drug-likeness (QED) is 0.821. The molecule has 1 heterocycles. The summed E-state index contributed by atoms with van der Waals surface area (Å²) in [6.45, 7) is 6.19. The van der Waals surface area contributed by atoms with Gasteiger partial charge in [-0.2, -0.15) is 0 Å². The Morgan fingerprint density at radius 3 is 2.74 bits per heavy atom. The highest BCUT2D eigenvalue weighted by Gasteiger charge is 2.16. The number of carbonyl (C=O) groups excluding carboxylic acids is 1. The number of nitrogens with zero attached hydrogens (tertiary/aromatic N) is 1. The summed E-state index contributed by atoms with van der Waals surface area (Å²) in [6.07, 6.45) is 0.266. The van der Waals surface area contributed by atoms with Crippen LogP contribution in [0, 0.1) is 5.82 Å². The molecule has 1 aliphatic heterocycles. The molecule has 6 heteroatoms. The number of carbonyl (C=O) groups is 1. The fraction of sp³-hybridized carbons (Fsp3) is 0.381. The van der Waals surface area contributed by atoms with E-state index in [1.54, 1.807) is 18.2 Å². The zero-order valence-corrected chi connectivity index (χ0v) is 15.6. The van der Waals surface area contributed by atoms with Crippen LogP contribution in [0.3, 0.4) is 0 Å². The van der Waals surface area contributed by atoms with Crippen LogP contribution in [0.5, 0.6) is 0 Å². The Kier molecular flexibility index (Phi) is 6.79. The van der Waals surface area contributed by atoms with Gasteiger partial charge in [-0.05, 0) is 24.1 Å². The molecule has 0 bridgehead atoms. The Morgan fingerprint density at radius 1 is 1.15 bits per heavy atom. The fourth-order valence-electron chi connectivity index (χ4n) is 3.19. The number of benzene rings is 2. The Labute approximate surface area is 159 Å². The van der Waals surface area contributed by atoms with Crippen LogP contribution in [-0.2, 0) is 24.4 Å². The number of nitrogens with one attached hydrogen (secondary N) is 2. The number of morpholine rings is 1. The molecule has 1 aliphatic rings. The van der Waals surface area contributed by atoms with Crippen LogP contribution in [-0.4, -0.2) is 36.7 Å². The van der Waals surface area contributed by atoms with E-state index in [0.29, 0.717) is 12.1 Å². The van der Waals surface area contributed by atoms with E-state index in [2.05, 4.69) is 34.6 Å². The molecule has 1 saturated heterocycles. The normalized spacial score (nSPS) is 17.5. The highest BCUT2D eigenvalue weighted by Crippen LogP contribution is 2.12. The lowest BCUT2D eigenvalue weighted by molar-refractivity contribution is -0.0212. The number of hydrogen-bond donors (Lipinski definition) is 2. The molecule has 1 fully saturated rings. The average molecular weight is 371 g/mol. The second-order valence-corrected chi connectivity index (χ2v) is 6.86. The van der Waals surface area contributed by atoms with E-state index in [4.69, 9.17) is 4.74 Å². The maximum Gasteiger partial charge on any atom is 0.315 e. The largest absolute Gasteiger partial charge is 0.376 e. The molecular formula is C21H26FN3O2. The SMILES string of the molecule is C[C@H]1CN(Cc2cccc(CNC(=O)NCc3ccccc3F)c2)CCO1. The molecule has 0 saturated carbocycles. The zero-order valence-electron chi connectivity index (χ0n) is 15.6.